The number of halogens is 1. The highest BCUT2D eigenvalue weighted by Gasteiger charge is 2.28. The lowest BCUT2D eigenvalue weighted by Gasteiger charge is -2.39. The van der Waals surface area contributed by atoms with Gasteiger partial charge in [-0.05, 0) is 57.0 Å². The molecule has 30 heavy (non-hydrogen) atoms. The number of Topliss-reactive ketones (excluding diaryl/α,β-unsaturated/α-hetero) is 1. The standard InChI is InChI=1S/C22H30ClN3O4/c1-2-20(27)18-14-17(6-7-19(18)24-21(28)15-23)30-22(29)26-12-8-16(9-13-26)25-10-4-3-5-11-25/h6-7,14,16H,2-5,8-13,15H2,1H3,(H,24,28). The molecule has 0 atom stereocenters. The molecule has 0 spiro atoms. The Labute approximate surface area is 182 Å². The number of alkyl halides is 1. The fraction of sp³-hybridized carbons (Fsp3) is 0.591. The van der Waals surface area contributed by atoms with Crippen molar-refractivity contribution in [3.63, 3.8) is 0 Å². The number of ketones is 1. The molecule has 0 aliphatic carbocycles. The normalized spacial score (nSPS) is 18.1. The highest BCUT2D eigenvalue weighted by molar-refractivity contribution is 6.29. The van der Waals surface area contributed by atoms with Gasteiger partial charge in [0.2, 0.25) is 5.91 Å². The van der Waals surface area contributed by atoms with Crippen LogP contribution in [0.25, 0.3) is 0 Å². The van der Waals surface area contributed by atoms with Crippen LogP contribution < -0.4 is 10.1 Å². The fourth-order valence-electron chi connectivity index (χ4n) is 4.16. The molecule has 8 heteroatoms. The minimum absolute atomic E-state index is 0.153. The maximum absolute atomic E-state index is 12.6. The van der Waals surface area contributed by atoms with Crippen LogP contribution >= 0.6 is 11.6 Å². The third kappa shape index (κ3) is 5.73. The molecule has 0 bridgehead atoms. The van der Waals surface area contributed by atoms with Crippen LogP contribution in [0.3, 0.4) is 0 Å². The van der Waals surface area contributed by atoms with Crippen LogP contribution in [0.2, 0.25) is 0 Å². The first-order chi connectivity index (χ1) is 14.5. The molecule has 2 heterocycles. The quantitative estimate of drug-likeness (QED) is 0.541. The average Bonchev–Trinajstić information content (AvgIpc) is 2.80. The van der Waals surface area contributed by atoms with Gasteiger partial charge in [0.1, 0.15) is 11.6 Å². The van der Waals surface area contributed by atoms with Crippen LogP contribution in [0.1, 0.15) is 55.8 Å². The van der Waals surface area contributed by atoms with Gasteiger partial charge in [0.05, 0.1) is 5.69 Å². The molecule has 7 nitrogen and oxygen atoms in total. The molecule has 2 aliphatic rings. The molecular weight excluding hydrogens is 406 g/mol. The highest BCUT2D eigenvalue weighted by Crippen LogP contribution is 2.26. The van der Waals surface area contributed by atoms with Gasteiger partial charge >= 0.3 is 6.09 Å². The van der Waals surface area contributed by atoms with Crippen LogP contribution in [0.4, 0.5) is 10.5 Å². The number of anilines is 1. The Morgan fingerprint density at radius 3 is 2.43 bits per heavy atom. The summed E-state index contributed by atoms with van der Waals surface area (Å²) in [6.45, 7) is 5.40. The van der Waals surface area contributed by atoms with E-state index in [2.05, 4.69) is 10.2 Å². The second-order valence-electron chi connectivity index (χ2n) is 7.85. The number of amides is 2. The molecule has 0 saturated carbocycles. The van der Waals surface area contributed by atoms with E-state index in [1.807, 2.05) is 0 Å². The first-order valence-corrected chi connectivity index (χ1v) is 11.3. The fourth-order valence-corrected chi connectivity index (χ4v) is 4.23. The molecule has 1 N–H and O–H groups in total. The number of hydrogen-bond donors (Lipinski definition) is 1. The summed E-state index contributed by atoms with van der Waals surface area (Å²) in [4.78, 5) is 40.8. The van der Waals surface area contributed by atoms with E-state index in [9.17, 15) is 14.4 Å². The zero-order chi connectivity index (χ0) is 21.5. The van der Waals surface area contributed by atoms with Crippen molar-refractivity contribution in [2.75, 3.05) is 37.4 Å². The lowest BCUT2D eigenvalue weighted by Crippen LogP contribution is -2.48. The summed E-state index contributed by atoms with van der Waals surface area (Å²) >= 11 is 5.54. The van der Waals surface area contributed by atoms with Crippen molar-refractivity contribution in [1.82, 2.24) is 9.80 Å². The van der Waals surface area contributed by atoms with Crippen LogP contribution in [-0.2, 0) is 4.79 Å². The summed E-state index contributed by atoms with van der Waals surface area (Å²) in [6.07, 6.45) is 5.63. The Bertz CT molecular complexity index is 772. The number of nitrogens with one attached hydrogen (secondary N) is 1. The van der Waals surface area contributed by atoms with Crippen LogP contribution in [0.5, 0.6) is 5.75 Å². The molecule has 3 rings (SSSR count). The SMILES string of the molecule is CCC(=O)c1cc(OC(=O)N2CCC(N3CCCCC3)CC2)ccc1NC(=O)CCl. The molecule has 1 aromatic rings. The van der Waals surface area contributed by atoms with Gasteiger partial charge in [0.15, 0.2) is 5.78 Å². The van der Waals surface area contributed by atoms with Crippen molar-refractivity contribution in [2.24, 2.45) is 0 Å². The van der Waals surface area contributed by atoms with Gasteiger partial charge in [-0.2, -0.15) is 0 Å². The summed E-state index contributed by atoms with van der Waals surface area (Å²) in [5, 5.41) is 2.61. The Morgan fingerprint density at radius 1 is 1.10 bits per heavy atom. The molecular formula is C22H30ClN3O4. The number of ether oxygens (including phenoxy) is 1. The zero-order valence-electron chi connectivity index (χ0n) is 17.5. The van der Waals surface area contributed by atoms with Gasteiger partial charge in [-0.3, -0.25) is 9.59 Å². The Kier molecular flexibility index (Phi) is 8.10. The largest absolute Gasteiger partial charge is 0.415 e. The lowest BCUT2D eigenvalue weighted by molar-refractivity contribution is -0.113. The number of carbonyl (C=O) groups excluding carboxylic acids is 3. The molecule has 2 fully saturated rings. The van der Waals surface area contributed by atoms with Crippen LogP contribution in [0, 0.1) is 0 Å². The second-order valence-corrected chi connectivity index (χ2v) is 8.12. The molecule has 0 aromatic heterocycles. The van der Waals surface area contributed by atoms with E-state index in [-0.39, 0.29) is 18.1 Å². The first kappa shape index (κ1) is 22.6. The van der Waals surface area contributed by atoms with E-state index in [1.165, 1.54) is 25.3 Å². The van der Waals surface area contributed by atoms with Crippen molar-refractivity contribution in [3.05, 3.63) is 23.8 Å². The molecule has 1 aromatic carbocycles. The summed E-state index contributed by atoms with van der Waals surface area (Å²) < 4.78 is 5.54. The van der Waals surface area contributed by atoms with E-state index in [0.717, 1.165) is 25.9 Å². The molecule has 2 saturated heterocycles. The minimum atomic E-state index is -0.403. The van der Waals surface area contributed by atoms with Gasteiger partial charge in [-0.25, -0.2) is 4.79 Å². The predicted octanol–water partition coefficient (Wildman–Crippen LogP) is 3.91. The van der Waals surface area contributed by atoms with Crippen molar-refractivity contribution < 1.29 is 19.1 Å². The monoisotopic (exact) mass is 435 g/mol. The van der Waals surface area contributed by atoms with Crippen LogP contribution in [-0.4, -0.2) is 65.7 Å². The van der Waals surface area contributed by atoms with E-state index in [0.29, 0.717) is 36.1 Å². The van der Waals surface area contributed by atoms with Crippen molar-refractivity contribution in [3.8, 4) is 5.75 Å². The first-order valence-electron chi connectivity index (χ1n) is 10.8. The number of nitrogens with zero attached hydrogens (tertiary/aromatic N) is 2. The second kappa shape index (κ2) is 10.8. The predicted molar refractivity (Wildman–Crippen MR) is 116 cm³/mol. The highest BCUT2D eigenvalue weighted by atomic mass is 35.5. The summed E-state index contributed by atoms with van der Waals surface area (Å²) in [7, 11) is 0. The Morgan fingerprint density at radius 2 is 1.80 bits per heavy atom. The Hall–Kier alpha value is -2.12. The smallest absolute Gasteiger partial charge is 0.410 e. The van der Waals surface area contributed by atoms with Crippen LogP contribution in [0.15, 0.2) is 18.2 Å². The van der Waals surface area contributed by atoms with Crippen molar-refractivity contribution in [1.29, 1.82) is 0 Å². The van der Waals surface area contributed by atoms with Crippen molar-refractivity contribution in [2.45, 2.75) is 51.5 Å². The van der Waals surface area contributed by atoms with E-state index in [4.69, 9.17) is 16.3 Å². The molecule has 2 aliphatic heterocycles. The number of benzene rings is 1. The minimum Gasteiger partial charge on any atom is -0.410 e. The van der Waals surface area contributed by atoms with Gasteiger partial charge < -0.3 is 19.9 Å². The maximum Gasteiger partial charge on any atom is 0.415 e. The molecule has 2 amide bonds. The lowest BCUT2D eigenvalue weighted by atomic mass is 10.0. The van der Waals surface area contributed by atoms with E-state index >= 15 is 0 Å². The van der Waals surface area contributed by atoms with Crippen molar-refractivity contribution >= 4 is 35.1 Å². The third-order valence-corrected chi connectivity index (χ3v) is 6.09. The third-order valence-electron chi connectivity index (χ3n) is 5.84. The number of carbonyl (C=O) groups is 3. The maximum atomic E-state index is 12.6. The number of rotatable bonds is 6. The average molecular weight is 436 g/mol. The number of piperidine rings is 2. The van der Waals surface area contributed by atoms with Gasteiger partial charge in [-0.1, -0.05) is 13.3 Å². The zero-order valence-corrected chi connectivity index (χ0v) is 18.2. The van der Waals surface area contributed by atoms with Gasteiger partial charge in [0.25, 0.3) is 0 Å². The molecule has 0 unspecified atom stereocenters. The van der Waals surface area contributed by atoms with E-state index in [1.54, 1.807) is 24.0 Å². The summed E-state index contributed by atoms with van der Waals surface area (Å²) in [5.41, 5.74) is 0.680. The number of likely N-dealkylation sites (tertiary alicyclic amines) is 2. The molecule has 164 valence electrons. The van der Waals surface area contributed by atoms with E-state index < -0.39 is 12.0 Å². The summed E-state index contributed by atoms with van der Waals surface area (Å²) in [6, 6.07) is 5.20. The topological polar surface area (TPSA) is 79.0 Å². The summed E-state index contributed by atoms with van der Waals surface area (Å²) in [5.74, 6) is -0.466. The number of hydrogen-bond acceptors (Lipinski definition) is 5. The van der Waals surface area contributed by atoms with Gasteiger partial charge in [0, 0.05) is 31.1 Å². The molecule has 0 radical (unpaired) electrons. The Balaban J connectivity index is 1.60. The van der Waals surface area contributed by atoms with Gasteiger partial charge in [-0.15, -0.1) is 11.6 Å².